The normalized spacial score (nSPS) is 14.7. The summed E-state index contributed by atoms with van der Waals surface area (Å²) in [7, 11) is 0. The van der Waals surface area contributed by atoms with Crippen LogP contribution in [0.2, 0.25) is 0 Å². The number of halogens is 1. The van der Waals surface area contributed by atoms with Crippen molar-refractivity contribution in [2.45, 2.75) is 18.9 Å². The summed E-state index contributed by atoms with van der Waals surface area (Å²) in [4.78, 5) is 0. The van der Waals surface area contributed by atoms with Crippen molar-refractivity contribution in [2.75, 3.05) is 6.61 Å². The van der Waals surface area contributed by atoms with Crippen LogP contribution in [0.3, 0.4) is 0 Å². The Bertz CT molecular complexity index is 615. The van der Waals surface area contributed by atoms with E-state index in [4.69, 9.17) is 10.6 Å². The minimum atomic E-state index is 0.107. The molecular weight excluding hydrogens is 316 g/mol. The fourth-order valence-corrected chi connectivity index (χ4v) is 3.04. The van der Waals surface area contributed by atoms with Gasteiger partial charge in [-0.2, -0.15) is 0 Å². The van der Waals surface area contributed by atoms with E-state index >= 15 is 0 Å². The molecule has 0 fully saturated rings. The number of hydrogen-bond acceptors (Lipinski definition) is 3. The molecule has 0 spiro atoms. The molecular formula is C16H17BrN2O. The van der Waals surface area contributed by atoms with E-state index in [0.29, 0.717) is 0 Å². The van der Waals surface area contributed by atoms with E-state index in [1.54, 1.807) is 0 Å². The second kappa shape index (κ2) is 5.95. The third kappa shape index (κ3) is 2.87. The van der Waals surface area contributed by atoms with Crippen LogP contribution in [-0.2, 0) is 12.8 Å². The molecule has 3 rings (SSSR count). The van der Waals surface area contributed by atoms with E-state index in [9.17, 15) is 0 Å². The van der Waals surface area contributed by atoms with Crippen LogP contribution >= 0.6 is 15.9 Å². The highest BCUT2D eigenvalue weighted by molar-refractivity contribution is 9.10. The maximum Gasteiger partial charge on any atom is 0.122 e. The number of nitrogens with two attached hydrogens (primary N) is 1. The number of fused-ring (bicyclic) bond motifs is 1. The average molecular weight is 333 g/mol. The quantitative estimate of drug-likeness (QED) is 0.668. The van der Waals surface area contributed by atoms with Crippen molar-refractivity contribution in [1.82, 2.24) is 5.43 Å². The molecule has 0 saturated carbocycles. The molecule has 20 heavy (non-hydrogen) atoms. The lowest BCUT2D eigenvalue weighted by Crippen LogP contribution is -2.29. The molecule has 2 aromatic rings. The molecule has 4 heteroatoms. The van der Waals surface area contributed by atoms with Gasteiger partial charge in [-0.1, -0.05) is 40.2 Å². The van der Waals surface area contributed by atoms with Gasteiger partial charge in [-0.05, 0) is 41.3 Å². The van der Waals surface area contributed by atoms with Crippen LogP contribution < -0.4 is 16.0 Å². The van der Waals surface area contributed by atoms with Gasteiger partial charge >= 0.3 is 0 Å². The summed E-state index contributed by atoms with van der Waals surface area (Å²) < 4.78 is 6.63. The smallest absolute Gasteiger partial charge is 0.122 e. The summed E-state index contributed by atoms with van der Waals surface area (Å²) in [5, 5.41) is 0. The van der Waals surface area contributed by atoms with Gasteiger partial charge in [0.25, 0.3) is 0 Å². The Morgan fingerprint density at radius 1 is 1.25 bits per heavy atom. The monoisotopic (exact) mass is 332 g/mol. The summed E-state index contributed by atoms with van der Waals surface area (Å²) >= 11 is 3.50. The van der Waals surface area contributed by atoms with Gasteiger partial charge in [0.15, 0.2) is 0 Å². The van der Waals surface area contributed by atoms with Gasteiger partial charge in [0, 0.05) is 16.9 Å². The Balaban J connectivity index is 1.83. The zero-order valence-corrected chi connectivity index (χ0v) is 12.7. The molecule has 3 nitrogen and oxygen atoms in total. The summed E-state index contributed by atoms with van der Waals surface area (Å²) in [6.45, 7) is 0.783. The fraction of sp³-hybridized carbons (Fsp3) is 0.250. The molecule has 104 valence electrons. The lowest BCUT2D eigenvalue weighted by molar-refractivity contribution is 0.356. The van der Waals surface area contributed by atoms with Crippen LogP contribution in [0.4, 0.5) is 0 Å². The van der Waals surface area contributed by atoms with Gasteiger partial charge in [0.1, 0.15) is 5.75 Å². The van der Waals surface area contributed by atoms with Gasteiger partial charge in [-0.3, -0.25) is 11.3 Å². The standard InChI is InChI=1S/C16H17BrN2O/c17-14-3-1-2-11(8-14)9-15(19-18)12-4-5-16-13(10-12)6-7-20-16/h1-5,8,10,15,19H,6-7,9,18H2. The van der Waals surface area contributed by atoms with E-state index in [-0.39, 0.29) is 6.04 Å². The number of benzene rings is 2. The fourth-order valence-electron chi connectivity index (χ4n) is 2.60. The Labute approximate surface area is 127 Å². The lowest BCUT2D eigenvalue weighted by atomic mass is 9.97. The second-order valence-electron chi connectivity index (χ2n) is 5.02. The van der Waals surface area contributed by atoms with E-state index in [0.717, 1.165) is 29.7 Å². The van der Waals surface area contributed by atoms with E-state index in [1.165, 1.54) is 16.7 Å². The summed E-state index contributed by atoms with van der Waals surface area (Å²) in [6.07, 6.45) is 1.84. The minimum Gasteiger partial charge on any atom is -0.493 e. The van der Waals surface area contributed by atoms with Gasteiger partial charge in [-0.25, -0.2) is 0 Å². The highest BCUT2D eigenvalue weighted by Crippen LogP contribution is 2.29. The lowest BCUT2D eigenvalue weighted by Gasteiger charge is -2.17. The van der Waals surface area contributed by atoms with Crippen LogP contribution in [-0.4, -0.2) is 6.61 Å². The molecule has 1 unspecified atom stereocenters. The molecule has 1 aliphatic rings. The predicted octanol–water partition coefficient (Wildman–Crippen LogP) is 3.13. The van der Waals surface area contributed by atoms with E-state index in [1.807, 2.05) is 18.2 Å². The molecule has 1 heterocycles. The highest BCUT2D eigenvalue weighted by Gasteiger charge is 2.16. The number of hydrazine groups is 1. The molecule has 0 saturated heterocycles. The molecule has 1 aliphatic heterocycles. The SMILES string of the molecule is NNC(Cc1cccc(Br)c1)c1ccc2c(c1)CCO2. The first kappa shape index (κ1) is 13.6. The van der Waals surface area contributed by atoms with E-state index in [2.05, 4.69) is 45.6 Å². The Morgan fingerprint density at radius 3 is 2.95 bits per heavy atom. The zero-order valence-electron chi connectivity index (χ0n) is 11.1. The maximum absolute atomic E-state index is 5.74. The van der Waals surface area contributed by atoms with Crippen LogP contribution in [0, 0.1) is 0 Å². The highest BCUT2D eigenvalue weighted by atomic mass is 79.9. The third-order valence-corrected chi connectivity index (χ3v) is 4.14. The van der Waals surface area contributed by atoms with Crippen molar-refractivity contribution >= 4 is 15.9 Å². The molecule has 0 aromatic heterocycles. The molecule has 1 atom stereocenters. The van der Waals surface area contributed by atoms with Gasteiger partial charge in [0.2, 0.25) is 0 Å². The molecule has 2 aromatic carbocycles. The first-order chi connectivity index (χ1) is 9.76. The van der Waals surface area contributed by atoms with Crippen LogP contribution in [0.25, 0.3) is 0 Å². The molecule has 3 N–H and O–H groups in total. The third-order valence-electron chi connectivity index (χ3n) is 3.65. The largest absolute Gasteiger partial charge is 0.493 e. The van der Waals surface area contributed by atoms with Crippen molar-refractivity contribution in [3.05, 3.63) is 63.6 Å². The number of hydrogen-bond donors (Lipinski definition) is 2. The Morgan fingerprint density at radius 2 is 2.15 bits per heavy atom. The Kier molecular flexibility index (Phi) is 4.05. The topological polar surface area (TPSA) is 47.3 Å². The molecule has 0 radical (unpaired) electrons. The number of ether oxygens (including phenoxy) is 1. The maximum atomic E-state index is 5.74. The molecule has 0 aliphatic carbocycles. The summed E-state index contributed by atoms with van der Waals surface area (Å²) in [5.74, 6) is 6.75. The van der Waals surface area contributed by atoms with Crippen LogP contribution in [0.5, 0.6) is 5.75 Å². The van der Waals surface area contributed by atoms with Crippen LogP contribution in [0.15, 0.2) is 46.9 Å². The Hall–Kier alpha value is -1.36. The first-order valence-corrected chi connectivity index (χ1v) is 7.52. The number of rotatable bonds is 4. The van der Waals surface area contributed by atoms with Crippen molar-refractivity contribution < 1.29 is 4.74 Å². The second-order valence-corrected chi connectivity index (χ2v) is 5.93. The van der Waals surface area contributed by atoms with Crippen molar-refractivity contribution in [1.29, 1.82) is 0 Å². The zero-order chi connectivity index (χ0) is 13.9. The minimum absolute atomic E-state index is 0.107. The van der Waals surface area contributed by atoms with Gasteiger partial charge < -0.3 is 4.74 Å². The summed E-state index contributed by atoms with van der Waals surface area (Å²) in [6, 6.07) is 14.8. The average Bonchev–Trinajstić information content (AvgIpc) is 2.92. The number of nitrogens with one attached hydrogen (secondary N) is 1. The van der Waals surface area contributed by atoms with Crippen LogP contribution in [0.1, 0.15) is 22.7 Å². The molecule has 0 bridgehead atoms. The van der Waals surface area contributed by atoms with Gasteiger partial charge in [0.05, 0.1) is 6.61 Å². The molecule has 0 amide bonds. The van der Waals surface area contributed by atoms with Crippen molar-refractivity contribution in [2.24, 2.45) is 5.84 Å². The van der Waals surface area contributed by atoms with Crippen molar-refractivity contribution in [3.63, 3.8) is 0 Å². The first-order valence-electron chi connectivity index (χ1n) is 6.72. The van der Waals surface area contributed by atoms with Gasteiger partial charge in [-0.15, -0.1) is 0 Å². The predicted molar refractivity (Wildman–Crippen MR) is 83.6 cm³/mol. The summed E-state index contributed by atoms with van der Waals surface area (Å²) in [5.41, 5.74) is 6.65. The van der Waals surface area contributed by atoms with E-state index < -0.39 is 0 Å². The van der Waals surface area contributed by atoms with Crippen molar-refractivity contribution in [3.8, 4) is 5.75 Å².